The highest BCUT2D eigenvalue weighted by Gasteiger charge is 2.30. The Bertz CT molecular complexity index is 499. The van der Waals surface area contributed by atoms with Crippen molar-refractivity contribution in [2.75, 3.05) is 0 Å². The number of hydrogen-bond donors (Lipinski definition) is 0. The molecule has 0 saturated heterocycles. The summed E-state index contributed by atoms with van der Waals surface area (Å²) >= 11 is 0. The summed E-state index contributed by atoms with van der Waals surface area (Å²) in [6.07, 6.45) is 0.599. The molecule has 1 aromatic carbocycles. The number of nitro groups is 2. The van der Waals surface area contributed by atoms with Gasteiger partial charge in [0.25, 0.3) is 0 Å². The summed E-state index contributed by atoms with van der Waals surface area (Å²) in [6, 6.07) is 3.35. The Morgan fingerprint density at radius 3 is 2.44 bits per heavy atom. The van der Waals surface area contributed by atoms with E-state index in [0.717, 1.165) is 12.1 Å². The average molecular weight is 254 g/mol. The molecule has 8 heteroatoms. The van der Waals surface area contributed by atoms with E-state index in [1.165, 1.54) is 6.07 Å². The maximum Gasteiger partial charge on any atom is 0.388 e. The molecular formula is C10H10N2O6. The van der Waals surface area contributed by atoms with Gasteiger partial charge in [0.2, 0.25) is 5.75 Å². The smallest absolute Gasteiger partial charge is 0.388 e. The highest BCUT2D eigenvalue weighted by Crippen LogP contribution is 2.36. The lowest BCUT2D eigenvalue weighted by atomic mass is 10.2. The highest BCUT2D eigenvalue weighted by atomic mass is 16.6. The Morgan fingerprint density at radius 2 is 1.94 bits per heavy atom. The van der Waals surface area contributed by atoms with Crippen molar-refractivity contribution in [2.45, 2.75) is 19.8 Å². The second-order valence-corrected chi connectivity index (χ2v) is 3.36. The van der Waals surface area contributed by atoms with E-state index in [0.29, 0.717) is 6.42 Å². The number of nitro benzene ring substituents is 2. The van der Waals surface area contributed by atoms with Crippen molar-refractivity contribution in [1.29, 1.82) is 0 Å². The fraction of sp³-hybridized carbons (Fsp3) is 0.300. The fourth-order valence-electron chi connectivity index (χ4n) is 1.30. The fourth-order valence-corrected chi connectivity index (χ4v) is 1.30. The van der Waals surface area contributed by atoms with Crippen molar-refractivity contribution in [3.63, 3.8) is 0 Å². The first-order chi connectivity index (χ1) is 8.47. The lowest BCUT2D eigenvalue weighted by Gasteiger charge is -2.04. The number of rotatable bonds is 5. The quantitative estimate of drug-likeness (QED) is 0.344. The first-order valence-corrected chi connectivity index (χ1v) is 5.09. The zero-order valence-electron chi connectivity index (χ0n) is 9.49. The molecule has 0 spiro atoms. The van der Waals surface area contributed by atoms with Gasteiger partial charge in [-0.1, -0.05) is 13.0 Å². The van der Waals surface area contributed by atoms with Gasteiger partial charge in [-0.2, -0.15) is 0 Å². The molecule has 0 saturated carbocycles. The van der Waals surface area contributed by atoms with E-state index in [1.807, 2.05) is 0 Å². The molecule has 0 unspecified atom stereocenters. The largest absolute Gasteiger partial charge is 0.419 e. The summed E-state index contributed by atoms with van der Waals surface area (Å²) < 4.78 is 4.75. The average Bonchev–Trinajstić information content (AvgIpc) is 2.28. The van der Waals surface area contributed by atoms with Crippen LogP contribution < -0.4 is 4.74 Å². The number of esters is 1. The van der Waals surface area contributed by atoms with Crippen molar-refractivity contribution in [2.24, 2.45) is 0 Å². The molecule has 1 aromatic rings. The number of carbonyl (C=O) groups is 1. The summed E-state index contributed by atoms with van der Waals surface area (Å²) in [4.78, 5) is 30.9. The Hall–Kier alpha value is -2.51. The van der Waals surface area contributed by atoms with Crippen molar-refractivity contribution < 1.29 is 19.4 Å². The molecule has 0 N–H and O–H groups in total. The monoisotopic (exact) mass is 254 g/mol. The Morgan fingerprint density at radius 1 is 1.28 bits per heavy atom. The van der Waals surface area contributed by atoms with Crippen molar-refractivity contribution >= 4 is 17.3 Å². The minimum absolute atomic E-state index is 0.0832. The zero-order chi connectivity index (χ0) is 13.7. The number of ether oxygens (including phenoxy) is 1. The first kappa shape index (κ1) is 13.6. The number of carbonyl (C=O) groups excluding carboxylic acids is 1. The van der Waals surface area contributed by atoms with E-state index in [4.69, 9.17) is 4.74 Å². The summed E-state index contributed by atoms with van der Waals surface area (Å²) in [5.74, 6) is -1.08. The summed E-state index contributed by atoms with van der Waals surface area (Å²) in [7, 11) is 0. The van der Waals surface area contributed by atoms with Gasteiger partial charge in [0, 0.05) is 12.5 Å². The number of nitrogens with zero attached hydrogens (tertiary/aromatic N) is 2. The van der Waals surface area contributed by atoms with E-state index >= 15 is 0 Å². The van der Waals surface area contributed by atoms with Crippen LogP contribution >= 0.6 is 0 Å². The van der Waals surface area contributed by atoms with Gasteiger partial charge in [-0.25, -0.2) is 0 Å². The Labute approximate surface area is 101 Å². The molecule has 0 radical (unpaired) electrons. The van der Waals surface area contributed by atoms with Crippen molar-refractivity contribution in [1.82, 2.24) is 0 Å². The number of para-hydroxylation sites is 1. The van der Waals surface area contributed by atoms with Gasteiger partial charge in [0.1, 0.15) is 0 Å². The van der Waals surface area contributed by atoms with E-state index in [-0.39, 0.29) is 6.42 Å². The molecule has 0 fully saturated rings. The normalized spacial score (nSPS) is 9.83. The van der Waals surface area contributed by atoms with E-state index in [9.17, 15) is 25.0 Å². The third kappa shape index (κ3) is 3.00. The van der Waals surface area contributed by atoms with Crippen LogP contribution in [0.25, 0.3) is 0 Å². The van der Waals surface area contributed by atoms with Crippen molar-refractivity contribution in [3.8, 4) is 5.75 Å². The highest BCUT2D eigenvalue weighted by molar-refractivity contribution is 5.75. The lowest BCUT2D eigenvalue weighted by molar-refractivity contribution is -0.423. The van der Waals surface area contributed by atoms with Gasteiger partial charge in [0.05, 0.1) is 9.85 Å². The van der Waals surface area contributed by atoms with Crippen molar-refractivity contribution in [3.05, 3.63) is 38.4 Å². The van der Waals surface area contributed by atoms with Crippen LogP contribution in [0.4, 0.5) is 11.4 Å². The van der Waals surface area contributed by atoms with Crippen LogP contribution in [0.3, 0.4) is 0 Å². The molecule has 0 amide bonds. The molecular weight excluding hydrogens is 244 g/mol. The van der Waals surface area contributed by atoms with E-state index in [2.05, 4.69) is 0 Å². The molecule has 0 aromatic heterocycles. The zero-order valence-corrected chi connectivity index (χ0v) is 9.49. The standard InChI is InChI=1S/C10H10N2O6/c1-2-4-9(13)18-8-6-3-5-7(11(14)15)10(8)12(16)17/h3,5-6H,2,4H2,1H3. The van der Waals surface area contributed by atoms with Crippen LogP contribution in [0.2, 0.25) is 0 Å². The summed E-state index contributed by atoms with van der Waals surface area (Å²) in [5.41, 5.74) is -1.52. The summed E-state index contributed by atoms with van der Waals surface area (Å²) in [5, 5.41) is 21.4. The maximum absolute atomic E-state index is 11.3. The summed E-state index contributed by atoms with van der Waals surface area (Å²) in [6.45, 7) is 1.74. The minimum atomic E-state index is -0.938. The number of benzene rings is 1. The van der Waals surface area contributed by atoms with Gasteiger partial charge >= 0.3 is 17.3 Å². The third-order valence-corrected chi connectivity index (χ3v) is 2.03. The second-order valence-electron chi connectivity index (χ2n) is 3.36. The topological polar surface area (TPSA) is 113 Å². The van der Waals surface area contributed by atoms with Crippen LogP contribution in [-0.2, 0) is 4.79 Å². The van der Waals surface area contributed by atoms with Crippen LogP contribution in [0.15, 0.2) is 18.2 Å². The van der Waals surface area contributed by atoms with Crippen LogP contribution in [0.5, 0.6) is 5.75 Å². The maximum atomic E-state index is 11.3. The predicted molar refractivity (Wildman–Crippen MR) is 60.3 cm³/mol. The van der Waals surface area contributed by atoms with Gasteiger partial charge in [0.15, 0.2) is 0 Å². The molecule has 18 heavy (non-hydrogen) atoms. The Balaban J connectivity index is 3.19. The van der Waals surface area contributed by atoms with Gasteiger partial charge in [-0.3, -0.25) is 25.0 Å². The lowest BCUT2D eigenvalue weighted by Crippen LogP contribution is -2.09. The van der Waals surface area contributed by atoms with Crippen LogP contribution in [-0.4, -0.2) is 15.8 Å². The molecule has 0 atom stereocenters. The van der Waals surface area contributed by atoms with Gasteiger partial charge in [-0.05, 0) is 12.5 Å². The molecule has 0 heterocycles. The van der Waals surface area contributed by atoms with Crippen LogP contribution in [0.1, 0.15) is 19.8 Å². The molecule has 1 rings (SSSR count). The molecule has 8 nitrogen and oxygen atoms in total. The van der Waals surface area contributed by atoms with E-state index in [1.54, 1.807) is 6.92 Å². The molecule has 96 valence electrons. The van der Waals surface area contributed by atoms with Gasteiger partial charge < -0.3 is 4.74 Å². The Kier molecular flexibility index (Phi) is 4.30. The molecule has 0 aliphatic heterocycles. The second kappa shape index (κ2) is 5.71. The predicted octanol–water partition coefficient (Wildman–Crippen LogP) is 2.21. The van der Waals surface area contributed by atoms with E-state index < -0.39 is 32.9 Å². The number of hydrogen-bond acceptors (Lipinski definition) is 6. The molecule has 0 aliphatic carbocycles. The first-order valence-electron chi connectivity index (χ1n) is 5.09. The molecule has 0 aliphatic rings. The SMILES string of the molecule is CCCC(=O)Oc1cccc([N+](=O)[O-])c1[N+](=O)[O-]. The third-order valence-electron chi connectivity index (χ3n) is 2.03. The minimum Gasteiger partial charge on any atom is -0.419 e. The molecule has 0 bridgehead atoms. The van der Waals surface area contributed by atoms with Crippen LogP contribution in [0, 0.1) is 20.2 Å². The van der Waals surface area contributed by atoms with Gasteiger partial charge in [-0.15, -0.1) is 0 Å².